The molecule has 2 aromatic rings. The van der Waals surface area contributed by atoms with Crippen LogP contribution in [0.15, 0.2) is 65.8 Å². The zero-order valence-corrected chi connectivity index (χ0v) is 41.9. The Morgan fingerprint density at radius 2 is 1.38 bits per heavy atom. The van der Waals surface area contributed by atoms with Crippen LogP contribution in [0.4, 0.5) is 0 Å². The summed E-state index contributed by atoms with van der Waals surface area (Å²) in [5, 5.41) is 50.7. The summed E-state index contributed by atoms with van der Waals surface area (Å²) in [4.78, 5) is 43.7. The Labute approximate surface area is 401 Å². The zero-order chi connectivity index (χ0) is 50.5. The number of carbonyl (C=O) groups is 3. The van der Waals surface area contributed by atoms with Gasteiger partial charge in [-0.1, -0.05) is 69.2 Å². The minimum atomic E-state index is -2.03. The number of oxime groups is 1. The minimum Gasteiger partial charge on any atom is -0.459 e. The Kier molecular flexibility index (Phi) is 18.4. The number of likely N-dealkylation sites (N-methyl/N-ethyl adjacent to an activating group) is 1. The van der Waals surface area contributed by atoms with Crippen LogP contribution < -0.4 is 0 Å². The number of carbonyl (C=O) groups excluding carboxylic acids is 3. The van der Waals surface area contributed by atoms with Gasteiger partial charge in [0.15, 0.2) is 24.8 Å². The lowest BCUT2D eigenvalue weighted by atomic mass is 9.73. The molecule has 0 spiro atoms. The van der Waals surface area contributed by atoms with Gasteiger partial charge in [0, 0.05) is 31.3 Å². The van der Waals surface area contributed by atoms with Gasteiger partial charge in [0.1, 0.15) is 17.3 Å². The second kappa shape index (κ2) is 22.8. The van der Waals surface area contributed by atoms with Crippen LogP contribution in [-0.2, 0) is 42.7 Å². The van der Waals surface area contributed by atoms with E-state index in [4.69, 9.17) is 37.9 Å². The average Bonchev–Trinajstić information content (AvgIpc) is 3.30. The Hall–Kier alpha value is -4.04. The van der Waals surface area contributed by atoms with Crippen LogP contribution in [0, 0.1) is 23.7 Å². The molecule has 68 heavy (non-hydrogen) atoms. The van der Waals surface area contributed by atoms with Crippen molar-refractivity contribution in [3.8, 4) is 0 Å². The lowest BCUT2D eigenvalue weighted by molar-refractivity contribution is -0.317. The molecule has 3 saturated heterocycles. The van der Waals surface area contributed by atoms with Gasteiger partial charge < -0.3 is 63.3 Å². The summed E-state index contributed by atoms with van der Waals surface area (Å²) >= 11 is 0. The maximum atomic E-state index is 14.6. The molecule has 0 radical (unpaired) electrons. The van der Waals surface area contributed by atoms with Crippen molar-refractivity contribution in [3.05, 3.63) is 71.8 Å². The SMILES string of the molecule is CCC1OC(=O)[C@H](C)C(O[C@H]2C[C@@](C)(OC)[C@@H](OC(=O)c3ccccc3)[C@H](C)O2)[C@H](C)[C@@H](O[C@@H]2O[C@H](C)C[C@H](N(C)C)[C@H]2OC(=O)c2ccccc2)[C@](C)(O)C[C@@H](C)/C(=N\O)[C@H](C)[C@@H](O)[C@]1(C)O. The first-order valence-electron chi connectivity index (χ1n) is 23.8. The van der Waals surface area contributed by atoms with E-state index in [1.54, 1.807) is 116 Å². The number of aliphatic hydroxyl groups is 3. The molecule has 0 aliphatic carbocycles. The van der Waals surface area contributed by atoms with Crippen molar-refractivity contribution in [1.29, 1.82) is 0 Å². The summed E-state index contributed by atoms with van der Waals surface area (Å²) in [5.74, 6) is -5.82. The van der Waals surface area contributed by atoms with E-state index in [1.165, 1.54) is 14.0 Å². The van der Waals surface area contributed by atoms with Crippen molar-refractivity contribution in [2.24, 2.45) is 28.8 Å². The zero-order valence-electron chi connectivity index (χ0n) is 41.9. The molecule has 2 unspecified atom stereocenters. The minimum absolute atomic E-state index is 0.0164. The first-order valence-corrected chi connectivity index (χ1v) is 23.8. The number of ether oxygens (including phenoxy) is 8. The monoisotopic (exact) mass is 957 g/mol. The van der Waals surface area contributed by atoms with E-state index in [2.05, 4.69) is 5.16 Å². The first kappa shape index (κ1) is 54.9. The molecule has 0 aromatic heterocycles. The van der Waals surface area contributed by atoms with Gasteiger partial charge in [-0.15, -0.1) is 0 Å². The second-order valence-corrected chi connectivity index (χ2v) is 20.1. The fourth-order valence-corrected chi connectivity index (χ4v) is 10.5. The quantitative estimate of drug-likeness (QED) is 0.0908. The number of hydrogen-bond donors (Lipinski definition) is 4. The van der Waals surface area contributed by atoms with Crippen molar-refractivity contribution in [3.63, 3.8) is 0 Å². The summed E-state index contributed by atoms with van der Waals surface area (Å²) in [6.07, 6.45) is -10.4. The molecule has 18 atom stereocenters. The van der Waals surface area contributed by atoms with Crippen molar-refractivity contribution >= 4 is 23.6 Å². The summed E-state index contributed by atoms with van der Waals surface area (Å²) in [6, 6.07) is 16.7. The highest BCUT2D eigenvalue weighted by atomic mass is 16.7. The molecule has 4 N–H and O–H groups in total. The summed E-state index contributed by atoms with van der Waals surface area (Å²) in [7, 11) is 5.22. The van der Waals surface area contributed by atoms with E-state index in [-0.39, 0.29) is 25.0 Å². The fraction of sp³-hybridized carbons (Fsp3) is 0.686. The predicted octanol–water partition coefficient (Wildman–Crippen LogP) is 5.78. The summed E-state index contributed by atoms with van der Waals surface area (Å²) in [6.45, 7) is 16.6. The van der Waals surface area contributed by atoms with E-state index in [9.17, 15) is 34.9 Å². The van der Waals surface area contributed by atoms with Gasteiger partial charge in [-0.2, -0.15) is 0 Å². The highest BCUT2D eigenvalue weighted by molar-refractivity contribution is 5.90. The number of cyclic esters (lactones) is 1. The molecule has 17 heteroatoms. The number of aliphatic hydroxyl groups excluding tert-OH is 1. The van der Waals surface area contributed by atoms with E-state index in [0.29, 0.717) is 17.5 Å². The molecular weight excluding hydrogens is 881 g/mol. The molecule has 2 aromatic carbocycles. The molecule has 3 aliphatic heterocycles. The van der Waals surface area contributed by atoms with Gasteiger partial charge in [0.2, 0.25) is 0 Å². The van der Waals surface area contributed by atoms with E-state index in [0.717, 1.165) is 0 Å². The van der Waals surface area contributed by atoms with E-state index < -0.39 is 126 Å². The number of esters is 3. The van der Waals surface area contributed by atoms with E-state index >= 15 is 0 Å². The third-order valence-electron chi connectivity index (χ3n) is 14.4. The predicted molar refractivity (Wildman–Crippen MR) is 250 cm³/mol. The molecule has 0 saturated carbocycles. The molecule has 0 amide bonds. The summed E-state index contributed by atoms with van der Waals surface area (Å²) < 4.78 is 51.4. The Bertz CT molecular complexity index is 2000. The summed E-state index contributed by atoms with van der Waals surface area (Å²) in [5.41, 5.74) is -4.35. The van der Waals surface area contributed by atoms with Crippen LogP contribution in [0.5, 0.6) is 0 Å². The third kappa shape index (κ3) is 12.3. The number of nitrogens with zero attached hydrogens (tertiary/aromatic N) is 2. The van der Waals surface area contributed by atoms with Gasteiger partial charge in [0.05, 0.1) is 64.9 Å². The van der Waals surface area contributed by atoms with Crippen molar-refractivity contribution < 1.29 is 72.8 Å². The number of hydrogen-bond acceptors (Lipinski definition) is 17. The van der Waals surface area contributed by atoms with Crippen LogP contribution in [0.2, 0.25) is 0 Å². The third-order valence-corrected chi connectivity index (χ3v) is 14.4. The highest BCUT2D eigenvalue weighted by Crippen LogP contribution is 2.42. The number of benzene rings is 2. The Morgan fingerprint density at radius 1 is 0.809 bits per heavy atom. The average molecular weight is 957 g/mol. The smallest absolute Gasteiger partial charge is 0.338 e. The van der Waals surface area contributed by atoms with Gasteiger partial charge in [-0.25, -0.2) is 9.59 Å². The molecule has 3 fully saturated rings. The fourth-order valence-electron chi connectivity index (χ4n) is 10.5. The normalized spacial score (nSPS) is 40.5. The molecule has 17 nitrogen and oxygen atoms in total. The number of rotatable bonds is 11. The Balaban J connectivity index is 1.62. The topological polar surface area (TPSA) is 222 Å². The molecule has 3 heterocycles. The van der Waals surface area contributed by atoms with Crippen LogP contribution in [0.3, 0.4) is 0 Å². The van der Waals surface area contributed by atoms with Crippen LogP contribution >= 0.6 is 0 Å². The first-order chi connectivity index (χ1) is 31.9. The second-order valence-electron chi connectivity index (χ2n) is 20.1. The van der Waals surface area contributed by atoms with Crippen LogP contribution in [-0.4, -0.2) is 155 Å². The number of methoxy groups -OCH3 is 1. The van der Waals surface area contributed by atoms with Crippen LogP contribution in [0.25, 0.3) is 0 Å². The highest BCUT2D eigenvalue weighted by Gasteiger charge is 2.55. The van der Waals surface area contributed by atoms with Gasteiger partial charge in [0.25, 0.3) is 0 Å². The van der Waals surface area contributed by atoms with Gasteiger partial charge >= 0.3 is 17.9 Å². The van der Waals surface area contributed by atoms with Crippen LogP contribution in [0.1, 0.15) is 116 Å². The molecule has 5 rings (SSSR count). The van der Waals surface area contributed by atoms with Crippen molar-refractivity contribution in [1.82, 2.24) is 4.90 Å². The maximum absolute atomic E-state index is 14.6. The molecule has 0 bridgehead atoms. The molecule has 3 aliphatic rings. The lowest BCUT2D eigenvalue weighted by Crippen LogP contribution is -2.62. The largest absolute Gasteiger partial charge is 0.459 e. The standard InChI is InChI=1S/C51H76N2O15/c1-14-37-51(10,59)42(54)30(4)39(52-60)28(2)26-49(8,58)43(68-48-41(36(53(11)12)25-29(3)62-48)66-46(56)34-21-17-15-18-22-34)31(5)40(32(6)45(55)64-37)65-38-27-50(9,61-13)44(33(7)63-38)67-47(57)35-23-19-16-20-24-35/h15-24,28-33,36-38,40-44,48,54,58-60H,14,25-27H2,1-13H3/b52-39+/t28-,29-,30+,31+,32-,33+,36+,37?,38+,40?,41-,42-,43-,44+,48+,49-,50-,51-/m1/s1. The van der Waals surface area contributed by atoms with Crippen molar-refractivity contribution in [2.45, 2.75) is 179 Å². The lowest BCUT2D eigenvalue weighted by Gasteiger charge is -2.49. The molecule has 380 valence electrons. The molecular formula is C51H76N2O15. The van der Waals surface area contributed by atoms with E-state index in [1.807, 2.05) is 25.9 Å². The van der Waals surface area contributed by atoms with Gasteiger partial charge in [-0.3, -0.25) is 4.79 Å². The Morgan fingerprint density at radius 3 is 1.91 bits per heavy atom. The van der Waals surface area contributed by atoms with Gasteiger partial charge in [-0.05, 0) is 99.2 Å². The van der Waals surface area contributed by atoms with Crippen molar-refractivity contribution in [2.75, 3.05) is 21.2 Å². The maximum Gasteiger partial charge on any atom is 0.338 e.